The van der Waals surface area contributed by atoms with Crippen LogP contribution < -0.4 is 9.47 Å². The van der Waals surface area contributed by atoms with Crippen LogP contribution in [0, 0.1) is 29.1 Å². The summed E-state index contributed by atoms with van der Waals surface area (Å²) in [7, 11) is 0.157. The number of hydrogen-bond acceptors (Lipinski definition) is 4. The van der Waals surface area contributed by atoms with Crippen molar-refractivity contribution in [2.24, 2.45) is 5.41 Å². The van der Waals surface area contributed by atoms with Crippen LogP contribution in [0.3, 0.4) is 0 Å². The van der Waals surface area contributed by atoms with Crippen LogP contribution in [-0.2, 0) is 16.7 Å². The van der Waals surface area contributed by atoms with Gasteiger partial charge in [-0.25, -0.2) is 8.42 Å². The predicted octanol–water partition coefficient (Wildman–Crippen LogP) is 2.65. The molecule has 2 aromatic rings. The molecule has 0 saturated carbocycles. The molecule has 0 bridgehead atoms. The van der Waals surface area contributed by atoms with Crippen LogP contribution in [0.2, 0.25) is 0 Å². The van der Waals surface area contributed by atoms with Gasteiger partial charge in [0, 0.05) is 54.7 Å². The normalized spacial score (nSPS) is 10.4. The Morgan fingerprint density at radius 3 is 1.93 bits per heavy atom. The molecule has 0 aliphatic heterocycles. The first-order valence-electron chi connectivity index (χ1n) is 9.03. The zero-order chi connectivity index (χ0) is 22.1. The maximum absolute atomic E-state index is 9.08. The summed E-state index contributed by atoms with van der Waals surface area (Å²) in [5, 5.41) is 0. The molecule has 1 aromatic carbocycles. The number of benzene rings is 1. The van der Waals surface area contributed by atoms with Crippen molar-refractivity contribution in [2.75, 3.05) is 25.3 Å². The van der Waals surface area contributed by atoms with Gasteiger partial charge < -0.3 is 9.45 Å². The molecule has 0 N–H and O–H groups in total. The average molecular weight is 413 g/mol. The third kappa shape index (κ3) is 11.6. The molecule has 0 unspecified atom stereocenters. The Hall–Kier alpha value is -2.80. The molecule has 5 nitrogen and oxygen atoms in total. The van der Waals surface area contributed by atoms with E-state index in [1.54, 1.807) is 0 Å². The van der Waals surface area contributed by atoms with E-state index >= 15 is 0 Å². The monoisotopic (exact) mass is 412 g/mol. The van der Waals surface area contributed by atoms with Crippen molar-refractivity contribution in [3.05, 3.63) is 59.9 Å². The third-order valence-corrected chi connectivity index (χ3v) is 3.37. The van der Waals surface area contributed by atoms with Crippen molar-refractivity contribution < 1.29 is 17.5 Å². The second-order valence-corrected chi connectivity index (χ2v) is 9.08. The summed E-state index contributed by atoms with van der Waals surface area (Å²) in [5.41, 5.74) is 3.15. The molecule has 0 atom stereocenters. The van der Waals surface area contributed by atoms with Gasteiger partial charge in [-0.15, -0.1) is 0 Å². The van der Waals surface area contributed by atoms with E-state index in [4.69, 9.17) is 13.0 Å². The Balaban J connectivity index is 0.000000749. The van der Waals surface area contributed by atoms with Crippen molar-refractivity contribution in [1.29, 1.82) is 0 Å². The summed E-state index contributed by atoms with van der Waals surface area (Å²) < 4.78 is 29.3. The van der Waals surface area contributed by atoms with Gasteiger partial charge in [0.05, 0.1) is 10.1 Å². The topological polar surface area (TPSA) is 64.3 Å². The van der Waals surface area contributed by atoms with Crippen molar-refractivity contribution in [2.45, 2.75) is 27.3 Å². The quantitative estimate of drug-likeness (QED) is 0.432. The highest BCUT2D eigenvalue weighted by Gasteiger charge is 2.04. The van der Waals surface area contributed by atoms with Gasteiger partial charge in [0.25, 0.3) is 0 Å². The maximum atomic E-state index is 9.08. The Labute approximate surface area is 175 Å². The molecule has 2 rings (SSSR count). The summed E-state index contributed by atoms with van der Waals surface area (Å²) in [4.78, 5) is 2.08. The van der Waals surface area contributed by atoms with Crippen LogP contribution in [-0.4, -0.2) is 33.3 Å². The summed E-state index contributed by atoms with van der Waals surface area (Å²) >= 11 is 0. The molecule has 6 heteroatoms. The molecule has 0 aliphatic carbocycles. The standard InChI is InChI=1S/C22H25N2.CH4O3S/c1-22(2,3)15-12-20-10-7-6-9-19(20)11-8-16-24-17-13-21(14-18-24)23(4)5;1-5(2,3)4/h6-7,9-10,13-14,17-18H,16H2,1-5H3;1H3,(H,2,3,4)/q+1;/p-1. The second-order valence-electron chi connectivity index (χ2n) is 7.67. The number of nitrogens with zero attached hydrogens (tertiary/aromatic N) is 2. The summed E-state index contributed by atoms with van der Waals surface area (Å²) in [6.45, 7) is 7.00. The minimum Gasteiger partial charge on any atom is -0.748 e. The van der Waals surface area contributed by atoms with Crippen LogP contribution in [0.4, 0.5) is 5.69 Å². The summed E-state index contributed by atoms with van der Waals surface area (Å²) in [5.74, 6) is 13.0. The largest absolute Gasteiger partial charge is 0.748 e. The smallest absolute Gasteiger partial charge is 0.209 e. The second kappa shape index (κ2) is 10.7. The third-order valence-electron chi connectivity index (χ3n) is 3.37. The fourth-order valence-corrected chi connectivity index (χ4v) is 2.04. The first-order chi connectivity index (χ1) is 13.3. The van der Waals surface area contributed by atoms with Gasteiger partial charge in [0.15, 0.2) is 12.4 Å². The SMILES string of the molecule is CN(C)c1cc[n+](CC#Cc2ccccc2C#CC(C)(C)C)cc1.CS(=O)(=O)[O-]. The molecule has 154 valence electrons. The summed E-state index contributed by atoms with van der Waals surface area (Å²) in [6.07, 6.45) is 4.71. The van der Waals surface area contributed by atoms with E-state index < -0.39 is 10.1 Å². The van der Waals surface area contributed by atoms with Gasteiger partial charge >= 0.3 is 0 Å². The van der Waals surface area contributed by atoms with Crippen LogP contribution >= 0.6 is 0 Å². The Morgan fingerprint density at radius 2 is 1.48 bits per heavy atom. The number of hydrogen-bond donors (Lipinski definition) is 0. The molecular weight excluding hydrogens is 384 g/mol. The zero-order valence-electron chi connectivity index (χ0n) is 17.9. The van der Waals surface area contributed by atoms with Crippen LogP contribution in [0.1, 0.15) is 31.9 Å². The van der Waals surface area contributed by atoms with E-state index in [-0.39, 0.29) is 5.41 Å². The minimum atomic E-state index is -3.92. The van der Waals surface area contributed by atoms with Crippen LogP contribution in [0.25, 0.3) is 0 Å². The first-order valence-corrected chi connectivity index (χ1v) is 10.9. The van der Waals surface area contributed by atoms with E-state index in [0.717, 1.165) is 11.1 Å². The van der Waals surface area contributed by atoms with Gasteiger partial charge in [0.1, 0.15) is 0 Å². The highest BCUT2D eigenvalue weighted by Crippen LogP contribution is 2.12. The number of aromatic nitrogens is 1. The van der Waals surface area contributed by atoms with E-state index in [0.29, 0.717) is 12.8 Å². The lowest BCUT2D eigenvalue weighted by atomic mass is 9.97. The molecule has 0 spiro atoms. The van der Waals surface area contributed by atoms with E-state index in [1.165, 1.54) is 5.69 Å². The molecular formula is C23H28N2O3S. The Morgan fingerprint density at radius 1 is 1.00 bits per heavy atom. The highest BCUT2D eigenvalue weighted by molar-refractivity contribution is 7.84. The Kier molecular flexibility index (Phi) is 8.91. The molecule has 0 fully saturated rings. The fraction of sp³-hybridized carbons (Fsp3) is 0.348. The van der Waals surface area contributed by atoms with Crippen LogP contribution in [0.5, 0.6) is 0 Å². The van der Waals surface area contributed by atoms with Crippen molar-refractivity contribution >= 4 is 15.8 Å². The molecule has 1 heterocycles. The van der Waals surface area contributed by atoms with Gasteiger partial charge in [-0.05, 0) is 38.8 Å². The molecule has 29 heavy (non-hydrogen) atoms. The van der Waals surface area contributed by atoms with Gasteiger partial charge in [-0.2, -0.15) is 4.57 Å². The maximum Gasteiger partial charge on any atom is 0.209 e. The van der Waals surface area contributed by atoms with E-state index in [9.17, 15) is 0 Å². The first kappa shape index (κ1) is 24.2. The average Bonchev–Trinajstić information content (AvgIpc) is 2.59. The van der Waals surface area contributed by atoms with Crippen molar-refractivity contribution in [1.82, 2.24) is 0 Å². The highest BCUT2D eigenvalue weighted by atomic mass is 32.2. The lowest BCUT2D eigenvalue weighted by Crippen LogP contribution is -2.32. The van der Waals surface area contributed by atoms with Crippen molar-refractivity contribution in [3.63, 3.8) is 0 Å². The lowest BCUT2D eigenvalue weighted by Gasteiger charge is -2.09. The molecule has 0 aliphatic rings. The molecule has 0 radical (unpaired) electrons. The lowest BCUT2D eigenvalue weighted by molar-refractivity contribution is -0.684. The van der Waals surface area contributed by atoms with Gasteiger partial charge in [-0.1, -0.05) is 29.9 Å². The van der Waals surface area contributed by atoms with Gasteiger partial charge in [0.2, 0.25) is 6.54 Å². The number of anilines is 1. The number of pyridine rings is 1. The van der Waals surface area contributed by atoms with Gasteiger partial charge in [-0.3, -0.25) is 0 Å². The zero-order valence-corrected chi connectivity index (χ0v) is 18.7. The van der Waals surface area contributed by atoms with Crippen LogP contribution in [0.15, 0.2) is 48.8 Å². The molecule has 0 amide bonds. The predicted molar refractivity (Wildman–Crippen MR) is 116 cm³/mol. The molecule has 1 aromatic heterocycles. The summed E-state index contributed by atoms with van der Waals surface area (Å²) in [6, 6.07) is 12.2. The fourth-order valence-electron chi connectivity index (χ4n) is 2.04. The van der Waals surface area contributed by atoms with E-state index in [2.05, 4.69) is 78.4 Å². The minimum absolute atomic E-state index is 0.00935. The van der Waals surface area contributed by atoms with E-state index in [1.807, 2.05) is 38.4 Å². The van der Waals surface area contributed by atoms with Crippen molar-refractivity contribution in [3.8, 4) is 23.7 Å². The Bertz CT molecular complexity index is 1020. The number of rotatable bonds is 2. The molecule has 0 saturated heterocycles.